The molecule has 7 nitrogen and oxygen atoms in total. The first-order valence-corrected chi connectivity index (χ1v) is 11.9. The largest absolute Gasteiger partial charge is 0.463 e. The number of pyridine rings is 1. The molecular formula is C26H30N4O3. The highest BCUT2D eigenvalue weighted by Crippen LogP contribution is 2.26. The van der Waals surface area contributed by atoms with Crippen LogP contribution in [0.4, 0.5) is 0 Å². The Bertz CT molecular complexity index is 1110. The van der Waals surface area contributed by atoms with Gasteiger partial charge in [-0.05, 0) is 37.1 Å². The van der Waals surface area contributed by atoms with Gasteiger partial charge in [0, 0.05) is 44.7 Å². The van der Waals surface area contributed by atoms with Crippen molar-refractivity contribution >= 4 is 22.7 Å². The molecule has 3 aromatic rings. The number of hydrogen-bond donors (Lipinski definition) is 0. The van der Waals surface area contributed by atoms with Crippen molar-refractivity contribution < 1.29 is 14.0 Å². The van der Waals surface area contributed by atoms with Gasteiger partial charge in [0.25, 0.3) is 5.91 Å². The monoisotopic (exact) mass is 446 g/mol. The zero-order valence-electron chi connectivity index (χ0n) is 18.9. The van der Waals surface area contributed by atoms with E-state index in [0.29, 0.717) is 49.7 Å². The van der Waals surface area contributed by atoms with Gasteiger partial charge in [-0.2, -0.15) is 0 Å². The Hall–Kier alpha value is -3.19. The number of carbonyl (C=O) groups is 2. The topological polar surface area (TPSA) is 69.9 Å². The summed E-state index contributed by atoms with van der Waals surface area (Å²) in [5, 5.41) is 0.844. The van der Waals surface area contributed by atoms with E-state index in [1.807, 2.05) is 52.3 Å². The summed E-state index contributed by atoms with van der Waals surface area (Å²) >= 11 is 0. The number of benzene rings is 1. The van der Waals surface area contributed by atoms with Gasteiger partial charge in [0.15, 0.2) is 5.76 Å². The zero-order chi connectivity index (χ0) is 22.6. The standard InChI is InChI=1S/C26H30N4O3/c31-25(29-11-5-1-2-6-12-29)19-28-13-15-30(16-14-28)26(32)21-18-23(24-10-7-17-33-24)27-22-9-4-3-8-20(21)22/h3-4,7-10,17-18H,1-2,5-6,11-16,19H2. The van der Waals surface area contributed by atoms with Crippen molar-refractivity contribution in [3.8, 4) is 11.5 Å². The zero-order valence-corrected chi connectivity index (χ0v) is 18.9. The van der Waals surface area contributed by atoms with E-state index in [0.717, 1.165) is 36.8 Å². The number of rotatable bonds is 4. The first kappa shape index (κ1) is 21.6. The fourth-order valence-corrected chi connectivity index (χ4v) is 4.79. The van der Waals surface area contributed by atoms with Crippen molar-refractivity contribution in [1.82, 2.24) is 19.7 Å². The van der Waals surface area contributed by atoms with Crippen LogP contribution in [0, 0.1) is 0 Å². The molecular weight excluding hydrogens is 416 g/mol. The fourth-order valence-electron chi connectivity index (χ4n) is 4.79. The first-order valence-electron chi connectivity index (χ1n) is 11.9. The summed E-state index contributed by atoms with van der Waals surface area (Å²) < 4.78 is 5.53. The molecule has 33 heavy (non-hydrogen) atoms. The van der Waals surface area contributed by atoms with Crippen molar-refractivity contribution in [1.29, 1.82) is 0 Å². The van der Waals surface area contributed by atoms with Crippen molar-refractivity contribution in [3.63, 3.8) is 0 Å². The van der Waals surface area contributed by atoms with Gasteiger partial charge in [0.2, 0.25) is 5.91 Å². The minimum atomic E-state index is -0.0000919. The van der Waals surface area contributed by atoms with E-state index in [-0.39, 0.29) is 11.8 Å². The number of nitrogens with zero attached hydrogens (tertiary/aromatic N) is 4. The van der Waals surface area contributed by atoms with Crippen LogP contribution in [0.2, 0.25) is 0 Å². The number of piperazine rings is 1. The minimum Gasteiger partial charge on any atom is -0.463 e. The highest BCUT2D eigenvalue weighted by molar-refractivity contribution is 6.07. The van der Waals surface area contributed by atoms with Gasteiger partial charge in [0.05, 0.1) is 23.9 Å². The number of furan rings is 1. The molecule has 5 rings (SSSR count). The number of likely N-dealkylation sites (tertiary alicyclic amines) is 1. The van der Waals surface area contributed by atoms with Crippen LogP contribution in [0.5, 0.6) is 0 Å². The lowest BCUT2D eigenvalue weighted by atomic mass is 10.0. The molecule has 2 amide bonds. The average Bonchev–Trinajstić information content (AvgIpc) is 3.25. The maximum atomic E-state index is 13.5. The fraction of sp³-hybridized carbons (Fsp3) is 0.423. The molecule has 2 saturated heterocycles. The maximum absolute atomic E-state index is 13.5. The average molecular weight is 447 g/mol. The molecule has 2 aliphatic rings. The van der Waals surface area contributed by atoms with Crippen molar-refractivity contribution in [3.05, 3.63) is 54.3 Å². The Balaban J connectivity index is 1.28. The Labute approximate surface area is 194 Å². The molecule has 1 aromatic carbocycles. The van der Waals surface area contributed by atoms with Crippen LogP contribution >= 0.6 is 0 Å². The highest BCUT2D eigenvalue weighted by atomic mass is 16.3. The smallest absolute Gasteiger partial charge is 0.254 e. The summed E-state index contributed by atoms with van der Waals surface area (Å²) in [4.78, 5) is 37.0. The summed E-state index contributed by atoms with van der Waals surface area (Å²) in [6.07, 6.45) is 6.26. The Morgan fingerprint density at radius 2 is 1.61 bits per heavy atom. The number of fused-ring (bicyclic) bond motifs is 1. The van der Waals surface area contributed by atoms with Gasteiger partial charge in [-0.15, -0.1) is 0 Å². The predicted molar refractivity (Wildman–Crippen MR) is 127 cm³/mol. The third-order valence-electron chi connectivity index (χ3n) is 6.70. The molecule has 0 spiro atoms. The Morgan fingerprint density at radius 1 is 0.848 bits per heavy atom. The maximum Gasteiger partial charge on any atom is 0.254 e. The molecule has 0 saturated carbocycles. The SMILES string of the molecule is O=C(CN1CCN(C(=O)c2cc(-c3ccco3)nc3ccccc23)CC1)N1CCCCCC1. The number of para-hydroxylation sites is 1. The Kier molecular flexibility index (Phi) is 6.39. The molecule has 0 unspecified atom stereocenters. The lowest BCUT2D eigenvalue weighted by molar-refractivity contribution is -0.132. The second-order valence-corrected chi connectivity index (χ2v) is 8.91. The summed E-state index contributed by atoms with van der Waals surface area (Å²) in [6.45, 7) is 4.84. The number of carbonyl (C=O) groups excluding carboxylic acids is 2. The van der Waals surface area contributed by atoms with E-state index >= 15 is 0 Å². The van der Waals surface area contributed by atoms with Gasteiger partial charge in [-0.1, -0.05) is 31.0 Å². The van der Waals surface area contributed by atoms with E-state index in [1.54, 1.807) is 6.26 Å². The first-order chi connectivity index (χ1) is 16.2. The molecule has 0 aliphatic carbocycles. The second-order valence-electron chi connectivity index (χ2n) is 8.91. The van der Waals surface area contributed by atoms with E-state index < -0.39 is 0 Å². The molecule has 172 valence electrons. The van der Waals surface area contributed by atoms with Crippen LogP contribution in [-0.2, 0) is 4.79 Å². The van der Waals surface area contributed by atoms with Crippen LogP contribution < -0.4 is 0 Å². The summed E-state index contributed by atoms with van der Waals surface area (Å²) in [7, 11) is 0. The Morgan fingerprint density at radius 3 is 2.33 bits per heavy atom. The number of hydrogen-bond acceptors (Lipinski definition) is 5. The van der Waals surface area contributed by atoms with Gasteiger partial charge >= 0.3 is 0 Å². The van der Waals surface area contributed by atoms with Crippen molar-refractivity contribution in [2.75, 3.05) is 45.8 Å². The summed E-state index contributed by atoms with van der Waals surface area (Å²) in [6, 6.07) is 13.2. The molecule has 2 aliphatic heterocycles. The van der Waals surface area contributed by atoms with Gasteiger partial charge in [-0.25, -0.2) is 4.98 Å². The second kappa shape index (κ2) is 9.75. The molecule has 0 atom stereocenters. The molecule has 4 heterocycles. The minimum absolute atomic E-state index is 0.0000919. The van der Waals surface area contributed by atoms with Crippen LogP contribution in [0.1, 0.15) is 36.0 Å². The van der Waals surface area contributed by atoms with Crippen molar-refractivity contribution in [2.24, 2.45) is 0 Å². The lowest BCUT2D eigenvalue weighted by Crippen LogP contribution is -2.51. The molecule has 0 bridgehead atoms. The predicted octanol–water partition coefficient (Wildman–Crippen LogP) is 3.66. The van der Waals surface area contributed by atoms with Crippen molar-refractivity contribution in [2.45, 2.75) is 25.7 Å². The van der Waals surface area contributed by atoms with E-state index in [2.05, 4.69) is 9.88 Å². The van der Waals surface area contributed by atoms with Crippen LogP contribution in [-0.4, -0.2) is 77.3 Å². The molecule has 2 fully saturated rings. The molecule has 0 radical (unpaired) electrons. The van der Waals surface area contributed by atoms with E-state index in [9.17, 15) is 9.59 Å². The van der Waals surface area contributed by atoms with Crippen LogP contribution in [0.25, 0.3) is 22.4 Å². The van der Waals surface area contributed by atoms with Gasteiger partial charge in [0.1, 0.15) is 5.69 Å². The van der Waals surface area contributed by atoms with Gasteiger partial charge < -0.3 is 14.2 Å². The molecule has 7 heteroatoms. The summed E-state index contributed by atoms with van der Waals surface area (Å²) in [5.41, 5.74) is 2.07. The van der Waals surface area contributed by atoms with E-state index in [4.69, 9.17) is 4.42 Å². The lowest BCUT2D eigenvalue weighted by Gasteiger charge is -2.35. The van der Waals surface area contributed by atoms with Crippen LogP contribution in [0.15, 0.2) is 53.1 Å². The van der Waals surface area contributed by atoms with Gasteiger partial charge in [-0.3, -0.25) is 14.5 Å². The van der Waals surface area contributed by atoms with Crippen LogP contribution in [0.3, 0.4) is 0 Å². The third kappa shape index (κ3) is 4.78. The summed E-state index contributed by atoms with van der Waals surface area (Å²) in [5.74, 6) is 0.867. The normalized spacial score (nSPS) is 17.8. The number of aromatic nitrogens is 1. The number of amides is 2. The highest BCUT2D eigenvalue weighted by Gasteiger charge is 2.26. The molecule has 2 aromatic heterocycles. The third-order valence-corrected chi connectivity index (χ3v) is 6.70. The quantitative estimate of drug-likeness (QED) is 0.612. The molecule has 0 N–H and O–H groups in total. The van der Waals surface area contributed by atoms with E-state index in [1.165, 1.54) is 12.8 Å².